The highest BCUT2D eigenvalue weighted by Crippen LogP contribution is 2.17. The van der Waals surface area contributed by atoms with Crippen LogP contribution >= 0.6 is 0 Å². The van der Waals surface area contributed by atoms with Crippen molar-refractivity contribution in [2.75, 3.05) is 39.5 Å². The fraction of sp³-hybridized carbons (Fsp3) is 1.00. The summed E-state index contributed by atoms with van der Waals surface area (Å²) in [6.45, 7) is 12.5. The highest BCUT2D eigenvalue weighted by molar-refractivity contribution is 4.64. The van der Waals surface area contributed by atoms with Crippen molar-refractivity contribution >= 4 is 0 Å². The molecule has 3 heteroatoms. The third-order valence-corrected chi connectivity index (χ3v) is 3.17. The van der Waals surface area contributed by atoms with E-state index in [1.165, 1.54) is 6.42 Å². The first-order valence-corrected chi connectivity index (χ1v) is 6.94. The molecular weight excluding hydrogens is 214 g/mol. The van der Waals surface area contributed by atoms with Crippen molar-refractivity contribution < 1.29 is 9.47 Å². The second-order valence-corrected chi connectivity index (χ2v) is 6.19. The third-order valence-electron chi connectivity index (χ3n) is 3.17. The Hall–Kier alpha value is -0.120. The molecule has 1 heterocycles. The molecule has 0 amide bonds. The zero-order chi connectivity index (χ0) is 12.6. The molecule has 0 atom stereocenters. The number of hydrogen-bond donors (Lipinski definition) is 1. The quantitative estimate of drug-likeness (QED) is 0.697. The molecule has 17 heavy (non-hydrogen) atoms. The summed E-state index contributed by atoms with van der Waals surface area (Å²) in [5.74, 6) is 0.721. The number of rotatable bonds is 7. The standard InChI is InChI=1S/C14H29NO2/c1-14(2,3)6-7-15-8-11-17-12-13-4-9-16-10-5-13/h13,15H,4-12H2,1-3H3. The molecule has 1 aliphatic heterocycles. The summed E-state index contributed by atoms with van der Waals surface area (Å²) in [5.41, 5.74) is 0.427. The van der Waals surface area contributed by atoms with E-state index in [1.54, 1.807) is 0 Å². The lowest BCUT2D eigenvalue weighted by atomic mass is 9.92. The van der Waals surface area contributed by atoms with Gasteiger partial charge in [-0.1, -0.05) is 20.8 Å². The topological polar surface area (TPSA) is 30.5 Å². The zero-order valence-corrected chi connectivity index (χ0v) is 11.8. The minimum Gasteiger partial charge on any atom is -0.381 e. The summed E-state index contributed by atoms with van der Waals surface area (Å²) in [6.07, 6.45) is 3.54. The van der Waals surface area contributed by atoms with E-state index in [2.05, 4.69) is 26.1 Å². The van der Waals surface area contributed by atoms with E-state index in [0.717, 1.165) is 58.3 Å². The molecule has 3 nitrogen and oxygen atoms in total. The molecule has 0 unspecified atom stereocenters. The van der Waals surface area contributed by atoms with Crippen LogP contribution in [-0.4, -0.2) is 39.5 Å². The summed E-state index contributed by atoms with van der Waals surface area (Å²) in [7, 11) is 0. The van der Waals surface area contributed by atoms with E-state index < -0.39 is 0 Å². The summed E-state index contributed by atoms with van der Waals surface area (Å²) in [4.78, 5) is 0. The van der Waals surface area contributed by atoms with Crippen LogP contribution in [0.2, 0.25) is 0 Å². The Morgan fingerprint density at radius 1 is 1.18 bits per heavy atom. The average molecular weight is 243 g/mol. The molecule has 1 N–H and O–H groups in total. The first-order chi connectivity index (χ1) is 8.08. The van der Waals surface area contributed by atoms with Gasteiger partial charge in [-0.25, -0.2) is 0 Å². The lowest BCUT2D eigenvalue weighted by molar-refractivity contribution is 0.0214. The molecular formula is C14H29NO2. The van der Waals surface area contributed by atoms with Gasteiger partial charge >= 0.3 is 0 Å². The monoisotopic (exact) mass is 243 g/mol. The van der Waals surface area contributed by atoms with Gasteiger partial charge in [0.25, 0.3) is 0 Å². The van der Waals surface area contributed by atoms with Crippen LogP contribution in [0, 0.1) is 11.3 Å². The van der Waals surface area contributed by atoms with Crippen LogP contribution in [0.4, 0.5) is 0 Å². The first-order valence-electron chi connectivity index (χ1n) is 6.94. The molecule has 0 bridgehead atoms. The van der Waals surface area contributed by atoms with Gasteiger partial charge in [-0.15, -0.1) is 0 Å². The van der Waals surface area contributed by atoms with Gasteiger partial charge in [0.1, 0.15) is 0 Å². The largest absolute Gasteiger partial charge is 0.381 e. The fourth-order valence-corrected chi connectivity index (χ4v) is 1.90. The molecule has 1 rings (SSSR count). The number of nitrogens with one attached hydrogen (secondary N) is 1. The Morgan fingerprint density at radius 3 is 2.53 bits per heavy atom. The van der Waals surface area contributed by atoms with Crippen molar-refractivity contribution in [2.24, 2.45) is 11.3 Å². The zero-order valence-electron chi connectivity index (χ0n) is 11.8. The molecule has 102 valence electrons. The molecule has 1 fully saturated rings. The predicted molar refractivity (Wildman–Crippen MR) is 71.3 cm³/mol. The minimum absolute atomic E-state index is 0.427. The maximum atomic E-state index is 5.69. The molecule has 0 aliphatic carbocycles. The summed E-state index contributed by atoms with van der Waals surface area (Å²) in [5, 5.41) is 3.43. The minimum atomic E-state index is 0.427. The van der Waals surface area contributed by atoms with Crippen LogP contribution in [0.5, 0.6) is 0 Å². The van der Waals surface area contributed by atoms with Gasteiger partial charge in [0.05, 0.1) is 6.61 Å². The van der Waals surface area contributed by atoms with E-state index in [0.29, 0.717) is 5.41 Å². The van der Waals surface area contributed by atoms with Gasteiger partial charge in [-0.2, -0.15) is 0 Å². The highest BCUT2D eigenvalue weighted by Gasteiger charge is 2.13. The molecule has 0 radical (unpaired) electrons. The van der Waals surface area contributed by atoms with Gasteiger partial charge in [0.2, 0.25) is 0 Å². The van der Waals surface area contributed by atoms with Gasteiger partial charge < -0.3 is 14.8 Å². The maximum Gasteiger partial charge on any atom is 0.0591 e. The predicted octanol–water partition coefficient (Wildman–Crippen LogP) is 2.46. The van der Waals surface area contributed by atoms with Crippen LogP contribution < -0.4 is 5.32 Å². The van der Waals surface area contributed by atoms with Gasteiger partial charge in [0.15, 0.2) is 0 Å². The maximum absolute atomic E-state index is 5.69. The molecule has 0 aromatic carbocycles. The van der Waals surface area contributed by atoms with Crippen LogP contribution in [0.3, 0.4) is 0 Å². The number of ether oxygens (including phenoxy) is 2. The Kier molecular flexibility index (Phi) is 7.09. The van der Waals surface area contributed by atoms with E-state index in [-0.39, 0.29) is 0 Å². The van der Waals surface area contributed by atoms with Crippen LogP contribution in [0.1, 0.15) is 40.0 Å². The highest BCUT2D eigenvalue weighted by atomic mass is 16.5. The molecule has 0 aromatic heterocycles. The third kappa shape index (κ3) is 8.58. The first kappa shape index (κ1) is 14.9. The van der Waals surface area contributed by atoms with E-state index >= 15 is 0 Å². The Morgan fingerprint density at radius 2 is 1.88 bits per heavy atom. The van der Waals surface area contributed by atoms with Gasteiger partial charge in [-0.05, 0) is 37.1 Å². The Balaban J connectivity index is 1.84. The van der Waals surface area contributed by atoms with Crippen molar-refractivity contribution in [2.45, 2.75) is 40.0 Å². The van der Waals surface area contributed by atoms with E-state index in [1.807, 2.05) is 0 Å². The van der Waals surface area contributed by atoms with Crippen molar-refractivity contribution in [1.82, 2.24) is 5.32 Å². The van der Waals surface area contributed by atoms with Gasteiger partial charge in [0, 0.05) is 26.4 Å². The normalized spacial score (nSPS) is 18.5. The summed E-state index contributed by atoms with van der Waals surface area (Å²) >= 11 is 0. The van der Waals surface area contributed by atoms with Crippen LogP contribution in [0.15, 0.2) is 0 Å². The van der Waals surface area contributed by atoms with Crippen molar-refractivity contribution in [3.63, 3.8) is 0 Å². The SMILES string of the molecule is CC(C)(C)CCNCCOCC1CCOCC1. The molecule has 0 saturated carbocycles. The summed E-state index contributed by atoms with van der Waals surface area (Å²) < 4.78 is 11.0. The van der Waals surface area contributed by atoms with Crippen LogP contribution in [0.25, 0.3) is 0 Å². The second-order valence-electron chi connectivity index (χ2n) is 6.19. The lowest BCUT2D eigenvalue weighted by Gasteiger charge is -2.22. The van der Waals surface area contributed by atoms with E-state index in [9.17, 15) is 0 Å². The average Bonchev–Trinajstić information content (AvgIpc) is 2.28. The van der Waals surface area contributed by atoms with Crippen molar-refractivity contribution in [1.29, 1.82) is 0 Å². The van der Waals surface area contributed by atoms with Gasteiger partial charge in [-0.3, -0.25) is 0 Å². The Labute approximate surface area is 106 Å². The molecule has 0 spiro atoms. The number of hydrogen-bond acceptors (Lipinski definition) is 3. The molecule has 1 saturated heterocycles. The second kappa shape index (κ2) is 8.06. The molecule has 0 aromatic rings. The van der Waals surface area contributed by atoms with Crippen molar-refractivity contribution in [3.8, 4) is 0 Å². The fourth-order valence-electron chi connectivity index (χ4n) is 1.90. The Bertz CT molecular complexity index is 183. The smallest absolute Gasteiger partial charge is 0.0591 e. The van der Waals surface area contributed by atoms with Crippen LogP contribution in [-0.2, 0) is 9.47 Å². The summed E-state index contributed by atoms with van der Waals surface area (Å²) in [6, 6.07) is 0. The van der Waals surface area contributed by atoms with E-state index in [4.69, 9.17) is 9.47 Å². The lowest BCUT2D eigenvalue weighted by Crippen LogP contribution is -2.26. The van der Waals surface area contributed by atoms with Crippen molar-refractivity contribution in [3.05, 3.63) is 0 Å². The molecule has 1 aliphatic rings.